The minimum Gasteiger partial charge on any atom is -0.292 e. The summed E-state index contributed by atoms with van der Waals surface area (Å²) in [6.07, 6.45) is 0. The van der Waals surface area contributed by atoms with E-state index in [4.69, 9.17) is 0 Å². The molecular weight excluding hydrogens is 354 g/mol. The molecule has 0 aromatic heterocycles. The van der Waals surface area contributed by atoms with Crippen LogP contribution in [0.2, 0.25) is 0 Å². The van der Waals surface area contributed by atoms with Crippen molar-refractivity contribution in [3.8, 4) is 0 Å². The minimum absolute atomic E-state index is 1.19. The molecule has 0 N–H and O–H groups in total. The van der Waals surface area contributed by atoms with Crippen LogP contribution in [0.25, 0.3) is 0 Å². The van der Waals surface area contributed by atoms with Gasteiger partial charge in [-0.1, -0.05) is 45.2 Å². The third-order valence-electron chi connectivity index (χ3n) is 1.80. The molecule has 1 heterocycles. The zero-order valence-electron chi connectivity index (χ0n) is 5.89. The van der Waals surface area contributed by atoms with Gasteiger partial charge >= 0.3 is 0 Å². The minimum atomic E-state index is 1.19. The lowest BCUT2D eigenvalue weighted by Gasteiger charge is -2.32. The molecule has 0 aliphatic carbocycles. The number of rotatable bonds is 2. The van der Waals surface area contributed by atoms with E-state index in [1.807, 2.05) is 0 Å². The Hall–Kier alpha value is 1.38. The summed E-state index contributed by atoms with van der Waals surface area (Å²) < 4.78 is 2.37. The zero-order chi connectivity index (χ0) is 7.40. The van der Waals surface area contributed by atoms with Crippen molar-refractivity contribution in [2.75, 3.05) is 35.3 Å². The van der Waals surface area contributed by atoms with Gasteiger partial charge in [0.1, 0.15) is 0 Å². The Balaban J connectivity index is 2.17. The van der Waals surface area contributed by atoms with Crippen LogP contribution in [-0.2, 0) is 0 Å². The Morgan fingerprint density at radius 1 is 0.800 bits per heavy atom. The molecule has 1 aliphatic heterocycles. The molecule has 0 aromatic rings. The maximum absolute atomic E-state index is 2.49. The van der Waals surface area contributed by atoms with Gasteiger partial charge in [0.25, 0.3) is 0 Å². The van der Waals surface area contributed by atoms with Crippen LogP contribution in [0.1, 0.15) is 0 Å². The second-order valence-electron chi connectivity index (χ2n) is 2.48. The summed E-state index contributed by atoms with van der Waals surface area (Å²) in [5.74, 6) is 0. The number of nitrogens with zero attached hydrogens (tertiary/aromatic N) is 2. The van der Waals surface area contributed by atoms with Crippen molar-refractivity contribution in [1.82, 2.24) is 9.80 Å². The van der Waals surface area contributed by atoms with Gasteiger partial charge in [-0.25, -0.2) is 0 Å². The van der Waals surface area contributed by atoms with Gasteiger partial charge in [0.05, 0.1) is 9.10 Å². The molecule has 0 radical (unpaired) electrons. The van der Waals surface area contributed by atoms with Crippen LogP contribution < -0.4 is 0 Å². The van der Waals surface area contributed by atoms with E-state index in [-0.39, 0.29) is 0 Å². The fourth-order valence-corrected chi connectivity index (χ4v) is 2.39. The topological polar surface area (TPSA) is 6.48 Å². The summed E-state index contributed by atoms with van der Waals surface area (Å²) in [5, 5.41) is 0. The number of hydrogen-bond donors (Lipinski definition) is 0. The fraction of sp³-hybridized carbons (Fsp3) is 1.00. The Morgan fingerprint density at radius 3 is 1.30 bits per heavy atom. The highest BCUT2D eigenvalue weighted by molar-refractivity contribution is 14.1. The summed E-state index contributed by atoms with van der Waals surface area (Å²) in [6.45, 7) is 5.02. The quantitative estimate of drug-likeness (QED) is 0.414. The first-order valence-corrected chi connectivity index (χ1v) is 6.48. The number of alkyl halides is 2. The summed E-state index contributed by atoms with van der Waals surface area (Å²) in [6, 6.07) is 0. The summed E-state index contributed by atoms with van der Waals surface area (Å²) in [7, 11) is 0. The normalized spacial score (nSPS) is 23.4. The van der Waals surface area contributed by atoms with Crippen molar-refractivity contribution in [1.29, 1.82) is 0 Å². The lowest BCUT2D eigenvalue weighted by molar-refractivity contribution is 0.175. The maximum atomic E-state index is 2.49. The van der Waals surface area contributed by atoms with Gasteiger partial charge in [0.15, 0.2) is 0 Å². The van der Waals surface area contributed by atoms with Crippen molar-refractivity contribution < 1.29 is 0 Å². The first-order valence-electron chi connectivity index (χ1n) is 3.43. The summed E-state index contributed by atoms with van der Waals surface area (Å²) >= 11 is 4.86. The van der Waals surface area contributed by atoms with Gasteiger partial charge in [-0.3, -0.25) is 9.80 Å². The van der Waals surface area contributed by atoms with E-state index in [9.17, 15) is 0 Å². The Kier molecular flexibility index (Phi) is 4.83. The molecule has 0 saturated carbocycles. The van der Waals surface area contributed by atoms with Crippen molar-refractivity contribution in [3.05, 3.63) is 0 Å². The van der Waals surface area contributed by atoms with Crippen LogP contribution in [0.15, 0.2) is 0 Å². The first kappa shape index (κ1) is 9.47. The van der Waals surface area contributed by atoms with Crippen LogP contribution in [-0.4, -0.2) is 45.1 Å². The monoisotopic (exact) mass is 366 g/mol. The molecule has 0 unspecified atom stereocenters. The molecule has 0 atom stereocenters. The third kappa shape index (κ3) is 2.78. The highest BCUT2D eigenvalue weighted by Gasteiger charge is 2.13. The van der Waals surface area contributed by atoms with E-state index in [0.717, 1.165) is 0 Å². The van der Waals surface area contributed by atoms with Gasteiger partial charge in [-0.05, 0) is 0 Å². The van der Waals surface area contributed by atoms with E-state index in [0.29, 0.717) is 0 Å². The fourth-order valence-electron chi connectivity index (χ4n) is 1.03. The predicted molar refractivity (Wildman–Crippen MR) is 60.9 cm³/mol. The third-order valence-corrected chi connectivity index (χ3v) is 3.73. The molecule has 1 rings (SSSR count). The number of hydrogen-bond acceptors (Lipinski definition) is 2. The van der Waals surface area contributed by atoms with Crippen LogP contribution in [0, 0.1) is 0 Å². The Labute approximate surface area is 89.6 Å². The lowest BCUT2D eigenvalue weighted by Crippen LogP contribution is -2.44. The van der Waals surface area contributed by atoms with Crippen LogP contribution in [0.3, 0.4) is 0 Å². The van der Waals surface area contributed by atoms with E-state index in [2.05, 4.69) is 55.0 Å². The number of piperazine rings is 1. The molecule has 0 aromatic carbocycles. The molecule has 10 heavy (non-hydrogen) atoms. The van der Waals surface area contributed by atoms with Crippen molar-refractivity contribution in [2.45, 2.75) is 0 Å². The highest BCUT2D eigenvalue weighted by atomic mass is 127. The van der Waals surface area contributed by atoms with Crippen LogP contribution in [0.4, 0.5) is 0 Å². The van der Waals surface area contributed by atoms with E-state index >= 15 is 0 Å². The standard InChI is InChI=1S/C6H12I2N2/c7-5-9-1-2-10(6-8)4-3-9/h1-6H2. The molecular formula is C6H12I2N2. The molecule has 60 valence electrons. The van der Waals surface area contributed by atoms with E-state index in [1.165, 1.54) is 35.3 Å². The van der Waals surface area contributed by atoms with Gasteiger partial charge in [0.2, 0.25) is 0 Å². The zero-order valence-corrected chi connectivity index (χ0v) is 10.2. The SMILES string of the molecule is ICN1CCN(CI)CC1. The lowest BCUT2D eigenvalue weighted by atomic mass is 10.4. The Morgan fingerprint density at radius 2 is 1.10 bits per heavy atom. The van der Waals surface area contributed by atoms with Crippen LogP contribution >= 0.6 is 45.2 Å². The largest absolute Gasteiger partial charge is 0.292 e. The highest BCUT2D eigenvalue weighted by Crippen LogP contribution is 2.04. The predicted octanol–water partition coefficient (Wildman–Crippen LogP) is 1.39. The van der Waals surface area contributed by atoms with Crippen molar-refractivity contribution in [2.24, 2.45) is 0 Å². The van der Waals surface area contributed by atoms with Crippen molar-refractivity contribution >= 4 is 45.2 Å². The average Bonchev–Trinajstić information content (AvgIpc) is 2.05. The molecule has 4 heteroatoms. The first-order chi connectivity index (χ1) is 4.86. The molecule has 2 nitrogen and oxygen atoms in total. The molecule has 1 saturated heterocycles. The Bertz CT molecular complexity index is 79.7. The number of halogens is 2. The molecule has 0 spiro atoms. The summed E-state index contributed by atoms with van der Waals surface area (Å²) in [4.78, 5) is 4.98. The summed E-state index contributed by atoms with van der Waals surface area (Å²) in [5.41, 5.74) is 0. The van der Waals surface area contributed by atoms with E-state index in [1.54, 1.807) is 0 Å². The second-order valence-corrected chi connectivity index (χ2v) is 3.84. The molecule has 1 aliphatic rings. The molecule has 0 bridgehead atoms. The molecule has 0 amide bonds. The van der Waals surface area contributed by atoms with Gasteiger partial charge in [0, 0.05) is 26.2 Å². The average molecular weight is 366 g/mol. The van der Waals surface area contributed by atoms with Crippen LogP contribution in [0.5, 0.6) is 0 Å². The van der Waals surface area contributed by atoms with Gasteiger partial charge in [-0.2, -0.15) is 0 Å². The van der Waals surface area contributed by atoms with Gasteiger partial charge in [-0.15, -0.1) is 0 Å². The second kappa shape index (κ2) is 5.10. The molecule has 1 fully saturated rings. The van der Waals surface area contributed by atoms with Crippen molar-refractivity contribution in [3.63, 3.8) is 0 Å². The smallest absolute Gasteiger partial charge is 0.0506 e. The van der Waals surface area contributed by atoms with Gasteiger partial charge < -0.3 is 0 Å². The maximum Gasteiger partial charge on any atom is 0.0506 e. The van der Waals surface area contributed by atoms with E-state index < -0.39 is 0 Å².